The number of pyridine rings is 2. The van der Waals surface area contributed by atoms with Crippen LogP contribution in [0.3, 0.4) is 0 Å². The van der Waals surface area contributed by atoms with E-state index in [1.807, 2.05) is 43.5 Å². The van der Waals surface area contributed by atoms with Crippen molar-refractivity contribution in [3.8, 4) is 0 Å². The summed E-state index contributed by atoms with van der Waals surface area (Å²) in [6.07, 6.45) is 5.87. The van der Waals surface area contributed by atoms with Gasteiger partial charge in [0.1, 0.15) is 11.5 Å². The van der Waals surface area contributed by atoms with E-state index in [9.17, 15) is 4.79 Å². The highest BCUT2D eigenvalue weighted by atomic mass is 16.5. The fourth-order valence-electron chi connectivity index (χ4n) is 5.31. The number of fused-ring (bicyclic) bond motifs is 2. The van der Waals surface area contributed by atoms with E-state index in [0.29, 0.717) is 18.4 Å². The molecule has 1 aliphatic heterocycles. The molecule has 0 unspecified atom stereocenters. The summed E-state index contributed by atoms with van der Waals surface area (Å²) < 4.78 is 7.47. The van der Waals surface area contributed by atoms with Crippen molar-refractivity contribution < 1.29 is 4.74 Å². The lowest BCUT2D eigenvalue weighted by Gasteiger charge is -2.37. The summed E-state index contributed by atoms with van der Waals surface area (Å²) in [5.41, 5.74) is 2.60. The van der Waals surface area contributed by atoms with Crippen LogP contribution in [0.1, 0.15) is 24.1 Å². The molecular formula is C24H29N5O2. The summed E-state index contributed by atoms with van der Waals surface area (Å²) in [6.45, 7) is 4.75. The Morgan fingerprint density at radius 1 is 1.16 bits per heavy atom. The SMILES string of the molecule is CO[C@@H]1C[C@H]2CN(Cc3cc(=O)n4cccc(C)c4n3)C[C@H]2C[C@H]1Nc1ccccn1. The average Bonchev–Trinajstić information content (AvgIpc) is 3.15. The summed E-state index contributed by atoms with van der Waals surface area (Å²) in [5.74, 6) is 2.12. The van der Waals surface area contributed by atoms with Crippen LogP contribution in [-0.4, -0.2) is 51.6 Å². The molecule has 4 heterocycles. The van der Waals surface area contributed by atoms with E-state index in [0.717, 1.165) is 48.7 Å². The molecule has 2 fully saturated rings. The molecule has 7 heteroatoms. The lowest BCUT2D eigenvalue weighted by molar-refractivity contribution is 0.0304. The number of rotatable bonds is 5. The molecule has 0 aromatic carbocycles. The van der Waals surface area contributed by atoms with Crippen LogP contribution in [0.5, 0.6) is 0 Å². The van der Waals surface area contributed by atoms with Gasteiger partial charge in [-0.2, -0.15) is 0 Å². The fourth-order valence-corrected chi connectivity index (χ4v) is 5.31. The molecule has 0 radical (unpaired) electrons. The van der Waals surface area contributed by atoms with Crippen molar-refractivity contribution in [2.45, 2.75) is 38.5 Å². The van der Waals surface area contributed by atoms with Crippen molar-refractivity contribution in [2.75, 3.05) is 25.5 Å². The number of likely N-dealkylation sites (tertiary alicyclic amines) is 1. The van der Waals surface area contributed by atoms with E-state index in [2.05, 4.69) is 15.2 Å². The number of hydrogen-bond acceptors (Lipinski definition) is 6. The minimum atomic E-state index is -0.0145. The summed E-state index contributed by atoms with van der Waals surface area (Å²) in [7, 11) is 1.81. The molecule has 1 aliphatic carbocycles. The van der Waals surface area contributed by atoms with Crippen molar-refractivity contribution >= 4 is 11.5 Å². The maximum absolute atomic E-state index is 12.5. The van der Waals surface area contributed by atoms with Gasteiger partial charge in [-0.15, -0.1) is 0 Å². The van der Waals surface area contributed by atoms with Gasteiger partial charge in [-0.1, -0.05) is 12.1 Å². The highest BCUT2D eigenvalue weighted by molar-refractivity contribution is 5.46. The zero-order valence-corrected chi connectivity index (χ0v) is 18.1. The Kier molecular flexibility index (Phi) is 5.46. The highest BCUT2D eigenvalue weighted by Crippen LogP contribution is 2.38. The first-order chi connectivity index (χ1) is 15.1. The monoisotopic (exact) mass is 419 g/mol. The summed E-state index contributed by atoms with van der Waals surface area (Å²) in [4.78, 5) is 24.2. The van der Waals surface area contributed by atoms with Crippen molar-refractivity contribution in [3.05, 3.63) is 70.4 Å². The van der Waals surface area contributed by atoms with E-state index in [4.69, 9.17) is 9.72 Å². The third kappa shape index (κ3) is 4.07. The number of ether oxygens (including phenoxy) is 1. The Hall–Kier alpha value is -2.77. The Bertz CT molecular complexity index is 1120. The zero-order valence-electron chi connectivity index (χ0n) is 18.1. The van der Waals surface area contributed by atoms with Gasteiger partial charge in [-0.05, 0) is 55.4 Å². The fraction of sp³-hybridized carbons (Fsp3) is 0.458. The lowest BCUT2D eigenvalue weighted by Crippen LogP contribution is -2.44. The molecular weight excluding hydrogens is 390 g/mol. The van der Waals surface area contributed by atoms with Gasteiger partial charge in [0.05, 0.1) is 17.8 Å². The summed E-state index contributed by atoms with van der Waals surface area (Å²) >= 11 is 0. The quantitative estimate of drug-likeness (QED) is 0.686. The lowest BCUT2D eigenvalue weighted by atomic mass is 9.77. The number of aromatic nitrogens is 3. The first-order valence-electron chi connectivity index (χ1n) is 11.0. The number of aryl methyl sites for hydroxylation is 1. The van der Waals surface area contributed by atoms with Gasteiger partial charge in [0.2, 0.25) is 0 Å². The summed E-state index contributed by atoms with van der Waals surface area (Å²) in [5, 5.41) is 3.58. The van der Waals surface area contributed by atoms with E-state index in [-0.39, 0.29) is 17.7 Å². The van der Waals surface area contributed by atoms with Gasteiger partial charge in [-0.3, -0.25) is 14.1 Å². The third-order valence-electron chi connectivity index (χ3n) is 6.82. The van der Waals surface area contributed by atoms with Crippen molar-refractivity contribution in [1.29, 1.82) is 0 Å². The van der Waals surface area contributed by atoms with Gasteiger partial charge in [0, 0.05) is 45.2 Å². The van der Waals surface area contributed by atoms with Crippen LogP contribution in [0.15, 0.2) is 53.6 Å². The number of nitrogens with zero attached hydrogens (tertiary/aromatic N) is 4. The van der Waals surface area contributed by atoms with Crippen LogP contribution in [0.2, 0.25) is 0 Å². The van der Waals surface area contributed by atoms with E-state index in [1.54, 1.807) is 23.8 Å². The number of anilines is 1. The van der Waals surface area contributed by atoms with Crippen molar-refractivity contribution in [2.24, 2.45) is 11.8 Å². The molecule has 1 saturated heterocycles. The van der Waals surface area contributed by atoms with Crippen LogP contribution < -0.4 is 10.9 Å². The molecule has 1 saturated carbocycles. The van der Waals surface area contributed by atoms with Crippen LogP contribution >= 0.6 is 0 Å². The van der Waals surface area contributed by atoms with Crippen LogP contribution in [0.4, 0.5) is 5.82 Å². The molecule has 7 nitrogen and oxygen atoms in total. The maximum atomic E-state index is 12.5. The molecule has 4 atom stereocenters. The Morgan fingerprint density at radius 3 is 2.77 bits per heavy atom. The molecule has 31 heavy (non-hydrogen) atoms. The first kappa shape index (κ1) is 20.2. The minimum Gasteiger partial charge on any atom is -0.379 e. The van der Waals surface area contributed by atoms with Gasteiger partial charge < -0.3 is 10.1 Å². The normalized spacial score (nSPS) is 26.1. The second-order valence-electron chi connectivity index (χ2n) is 8.90. The molecule has 3 aromatic heterocycles. The predicted octanol–water partition coefficient (Wildman–Crippen LogP) is 2.74. The molecule has 3 aromatic rings. The van der Waals surface area contributed by atoms with E-state index < -0.39 is 0 Å². The van der Waals surface area contributed by atoms with Crippen LogP contribution in [0.25, 0.3) is 5.65 Å². The second kappa shape index (κ2) is 8.40. The molecule has 0 bridgehead atoms. The molecule has 0 spiro atoms. The number of nitrogens with one attached hydrogen (secondary N) is 1. The largest absolute Gasteiger partial charge is 0.379 e. The van der Waals surface area contributed by atoms with Gasteiger partial charge in [0.15, 0.2) is 0 Å². The molecule has 2 aliphatic rings. The molecule has 162 valence electrons. The van der Waals surface area contributed by atoms with Crippen LogP contribution in [0, 0.1) is 18.8 Å². The highest BCUT2D eigenvalue weighted by Gasteiger charge is 2.42. The van der Waals surface area contributed by atoms with Gasteiger partial charge >= 0.3 is 0 Å². The first-order valence-corrected chi connectivity index (χ1v) is 11.0. The third-order valence-corrected chi connectivity index (χ3v) is 6.82. The Morgan fingerprint density at radius 2 is 2.00 bits per heavy atom. The molecule has 1 N–H and O–H groups in total. The topological polar surface area (TPSA) is 71.8 Å². The Balaban J connectivity index is 1.30. The Labute approximate surface area is 182 Å². The van der Waals surface area contributed by atoms with E-state index >= 15 is 0 Å². The van der Waals surface area contributed by atoms with Crippen molar-refractivity contribution in [1.82, 2.24) is 19.3 Å². The molecule has 5 rings (SSSR count). The van der Waals surface area contributed by atoms with Crippen LogP contribution in [-0.2, 0) is 11.3 Å². The second-order valence-corrected chi connectivity index (χ2v) is 8.90. The van der Waals surface area contributed by atoms with Gasteiger partial charge in [-0.25, -0.2) is 9.97 Å². The zero-order chi connectivity index (χ0) is 21.4. The standard InChI is InChI=1S/C24H29N5O2/c1-16-6-5-9-29-23(30)12-19(26-24(16)29)15-28-13-17-10-20(21(31-2)11-18(17)14-28)27-22-7-3-4-8-25-22/h3-9,12,17-18,20-21H,10-11,13-15H2,1-2H3,(H,25,27)/t17-,18+,20-,21-/m1/s1. The van der Waals surface area contributed by atoms with E-state index in [1.165, 1.54) is 0 Å². The van der Waals surface area contributed by atoms with Crippen molar-refractivity contribution in [3.63, 3.8) is 0 Å². The average molecular weight is 420 g/mol. The predicted molar refractivity (Wildman–Crippen MR) is 120 cm³/mol. The smallest absolute Gasteiger partial charge is 0.258 e. The number of methoxy groups -OCH3 is 1. The summed E-state index contributed by atoms with van der Waals surface area (Å²) in [6, 6.07) is 11.8. The maximum Gasteiger partial charge on any atom is 0.258 e. The van der Waals surface area contributed by atoms with Gasteiger partial charge in [0.25, 0.3) is 5.56 Å². The number of hydrogen-bond donors (Lipinski definition) is 1. The molecule has 0 amide bonds. The minimum absolute atomic E-state index is 0.0145.